The molecule has 0 spiro atoms. The number of halogens is 1. The van der Waals surface area contributed by atoms with Crippen LogP contribution in [0.5, 0.6) is 17.2 Å². The lowest BCUT2D eigenvalue weighted by atomic mass is 10.3. The van der Waals surface area contributed by atoms with Crippen LogP contribution in [0.15, 0.2) is 42.5 Å². The van der Waals surface area contributed by atoms with Gasteiger partial charge in [-0.15, -0.1) is 0 Å². The number of amides is 1. The van der Waals surface area contributed by atoms with Crippen LogP contribution in [0.2, 0.25) is 5.02 Å². The van der Waals surface area contributed by atoms with Gasteiger partial charge in [0.2, 0.25) is 6.79 Å². The Morgan fingerprint density at radius 2 is 2.00 bits per heavy atom. The smallest absolute Gasteiger partial charge is 0.417 e. The Hall–Kier alpha value is -2.40. The lowest BCUT2D eigenvalue weighted by Crippen LogP contribution is -2.16. The number of rotatable bonds is 2. The van der Waals surface area contributed by atoms with Crippen molar-refractivity contribution in [1.29, 1.82) is 0 Å². The Bertz CT molecular complexity index is 659. The molecule has 1 heterocycles. The zero-order valence-corrected chi connectivity index (χ0v) is 11.0. The molecule has 0 saturated heterocycles. The van der Waals surface area contributed by atoms with Crippen LogP contribution in [-0.4, -0.2) is 12.9 Å². The van der Waals surface area contributed by atoms with Crippen molar-refractivity contribution >= 4 is 23.4 Å². The van der Waals surface area contributed by atoms with Crippen molar-refractivity contribution in [3.8, 4) is 17.2 Å². The number of ether oxygens (including phenoxy) is 3. The first-order valence-corrected chi connectivity index (χ1v) is 6.22. The van der Waals surface area contributed by atoms with E-state index < -0.39 is 6.09 Å². The number of benzene rings is 2. The molecule has 5 nitrogen and oxygen atoms in total. The quantitative estimate of drug-likeness (QED) is 0.917. The van der Waals surface area contributed by atoms with Gasteiger partial charge in [-0.25, -0.2) is 4.79 Å². The molecule has 2 aromatic carbocycles. The number of anilines is 1. The zero-order valence-electron chi connectivity index (χ0n) is 10.3. The van der Waals surface area contributed by atoms with E-state index in [1.165, 1.54) is 0 Å². The molecule has 2 aromatic rings. The minimum Gasteiger partial charge on any atom is -0.454 e. The Kier molecular flexibility index (Phi) is 3.35. The molecule has 0 aliphatic carbocycles. The molecule has 0 unspecified atom stereocenters. The van der Waals surface area contributed by atoms with Crippen LogP contribution in [0.25, 0.3) is 0 Å². The van der Waals surface area contributed by atoms with Crippen LogP contribution in [0, 0.1) is 0 Å². The second kappa shape index (κ2) is 5.30. The molecule has 1 N–H and O–H groups in total. The van der Waals surface area contributed by atoms with Gasteiger partial charge in [-0.3, -0.25) is 5.32 Å². The maximum atomic E-state index is 11.7. The maximum absolute atomic E-state index is 11.7. The van der Waals surface area contributed by atoms with Gasteiger partial charge in [0.1, 0.15) is 5.75 Å². The van der Waals surface area contributed by atoms with E-state index in [-0.39, 0.29) is 6.79 Å². The summed E-state index contributed by atoms with van der Waals surface area (Å²) < 4.78 is 15.5. The van der Waals surface area contributed by atoms with E-state index in [1.807, 2.05) is 0 Å². The second-order valence-electron chi connectivity index (χ2n) is 4.04. The van der Waals surface area contributed by atoms with Crippen LogP contribution < -0.4 is 19.5 Å². The molecule has 1 amide bonds. The highest BCUT2D eigenvalue weighted by Crippen LogP contribution is 2.35. The fourth-order valence-electron chi connectivity index (χ4n) is 1.76. The number of nitrogens with one attached hydrogen (secondary N) is 1. The number of hydrogen-bond acceptors (Lipinski definition) is 4. The van der Waals surface area contributed by atoms with Crippen LogP contribution in [0.4, 0.5) is 10.5 Å². The molecular formula is C14H10ClNO4. The largest absolute Gasteiger partial charge is 0.454 e. The van der Waals surface area contributed by atoms with Gasteiger partial charge < -0.3 is 14.2 Å². The fraction of sp³-hybridized carbons (Fsp3) is 0.0714. The molecule has 0 aromatic heterocycles. The number of hydrogen-bond donors (Lipinski definition) is 1. The number of fused-ring (bicyclic) bond motifs is 1. The van der Waals surface area contributed by atoms with E-state index in [0.717, 1.165) is 0 Å². The molecule has 1 aliphatic heterocycles. The van der Waals surface area contributed by atoms with E-state index in [0.29, 0.717) is 28.0 Å². The SMILES string of the molecule is O=C(Nc1cccc(Cl)c1)Oc1ccc2c(c1)OCO2. The Morgan fingerprint density at radius 1 is 1.15 bits per heavy atom. The summed E-state index contributed by atoms with van der Waals surface area (Å²) >= 11 is 5.83. The summed E-state index contributed by atoms with van der Waals surface area (Å²) in [6, 6.07) is 11.7. The third kappa shape index (κ3) is 2.78. The van der Waals surface area contributed by atoms with Crippen molar-refractivity contribution in [3.63, 3.8) is 0 Å². The Morgan fingerprint density at radius 3 is 2.85 bits per heavy atom. The third-order valence-corrected chi connectivity index (χ3v) is 2.86. The summed E-state index contributed by atoms with van der Waals surface area (Å²) in [5.41, 5.74) is 0.559. The normalized spacial score (nSPS) is 12.1. The van der Waals surface area contributed by atoms with Gasteiger partial charge in [-0.1, -0.05) is 17.7 Å². The van der Waals surface area contributed by atoms with Crippen LogP contribution in [-0.2, 0) is 0 Å². The first kappa shape index (κ1) is 12.6. The number of carbonyl (C=O) groups is 1. The molecule has 0 atom stereocenters. The molecule has 0 radical (unpaired) electrons. The summed E-state index contributed by atoms with van der Waals surface area (Å²) in [6.07, 6.45) is -0.605. The summed E-state index contributed by atoms with van der Waals surface area (Å²) in [5, 5.41) is 3.11. The Balaban J connectivity index is 1.67. The predicted octanol–water partition coefficient (Wildman–Crippen LogP) is 3.68. The van der Waals surface area contributed by atoms with Gasteiger partial charge in [0, 0.05) is 16.8 Å². The first-order valence-electron chi connectivity index (χ1n) is 5.85. The molecule has 6 heteroatoms. The molecule has 102 valence electrons. The van der Waals surface area contributed by atoms with Crippen molar-refractivity contribution in [2.45, 2.75) is 0 Å². The maximum Gasteiger partial charge on any atom is 0.417 e. The highest BCUT2D eigenvalue weighted by molar-refractivity contribution is 6.30. The fourth-order valence-corrected chi connectivity index (χ4v) is 1.95. The highest BCUT2D eigenvalue weighted by atomic mass is 35.5. The first-order chi connectivity index (χ1) is 9.70. The molecule has 3 rings (SSSR count). The zero-order chi connectivity index (χ0) is 13.9. The van der Waals surface area contributed by atoms with Crippen LogP contribution in [0.3, 0.4) is 0 Å². The molecular weight excluding hydrogens is 282 g/mol. The lowest BCUT2D eigenvalue weighted by molar-refractivity contribution is 0.174. The van der Waals surface area contributed by atoms with Crippen molar-refractivity contribution in [2.75, 3.05) is 12.1 Å². The standard InChI is InChI=1S/C14H10ClNO4/c15-9-2-1-3-10(6-9)16-14(17)20-11-4-5-12-13(7-11)19-8-18-12/h1-7H,8H2,(H,16,17). The van der Waals surface area contributed by atoms with E-state index in [1.54, 1.807) is 42.5 Å². The minimum absolute atomic E-state index is 0.174. The van der Waals surface area contributed by atoms with Crippen LogP contribution >= 0.6 is 11.6 Å². The van der Waals surface area contributed by atoms with Crippen molar-refractivity contribution < 1.29 is 19.0 Å². The predicted molar refractivity (Wildman–Crippen MR) is 73.7 cm³/mol. The average molecular weight is 292 g/mol. The molecule has 1 aliphatic rings. The van der Waals surface area contributed by atoms with Crippen molar-refractivity contribution in [2.24, 2.45) is 0 Å². The monoisotopic (exact) mass is 291 g/mol. The molecule has 0 fully saturated rings. The van der Waals surface area contributed by atoms with E-state index in [2.05, 4.69) is 5.32 Å². The molecule has 20 heavy (non-hydrogen) atoms. The summed E-state index contributed by atoms with van der Waals surface area (Å²) in [5.74, 6) is 1.56. The van der Waals surface area contributed by atoms with Gasteiger partial charge in [-0.2, -0.15) is 0 Å². The average Bonchev–Trinajstić information content (AvgIpc) is 2.86. The van der Waals surface area contributed by atoms with E-state index >= 15 is 0 Å². The van der Waals surface area contributed by atoms with Gasteiger partial charge in [-0.05, 0) is 30.3 Å². The third-order valence-electron chi connectivity index (χ3n) is 2.63. The number of carbonyl (C=O) groups excluding carboxylic acids is 1. The van der Waals surface area contributed by atoms with Crippen LogP contribution in [0.1, 0.15) is 0 Å². The lowest BCUT2D eigenvalue weighted by Gasteiger charge is -2.07. The highest BCUT2D eigenvalue weighted by Gasteiger charge is 2.15. The van der Waals surface area contributed by atoms with Gasteiger partial charge in [0.05, 0.1) is 0 Å². The molecule has 0 saturated carbocycles. The van der Waals surface area contributed by atoms with E-state index in [4.69, 9.17) is 25.8 Å². The topological polar surface area (TPSA) is 56.8 Å². The molecule has 0 bridgehead atoms. The van der Waals surface area contributed by atoms with Gasteiger partial charge in [0.25, 0.3) is 0 Å². The van der Waals surface area contributed by atoms with Crippen molar-refractivity contribution in [3.05, 3.63) is 47.5 Å². The summed E-state index contributed by atoms with van der Waals surface area (Å²) in [4.78, 5) is 11.7. The van der Waals surface area contributed by atoms with Crippen molar-refractivity contribution in [1.82, 2.24) is 0 Å². The van der Waals surface area contributed by atoms with Gasteiger partial charge >= 0.3 is 6.09 Å². The second-order valence-corrected chi connectivity index (χ2v) is 4.48. The van der Waals surface area contributed by atoms with Gasteiger partial charge in [0.15, 0.2) is 11.5 Å². The van der Waals surface area contributed by atoms with E-state index in [9.17, 15) is 4.79 Å². The minimum atomic E-state index is -0.605. The Labute approximate surface area is 120 Å². The summed E-state index contributed by atoms with van der Waals surface area (Å²) in [7, 11) is 0. The summed E-state index contributed by atoms with van der Waals surface area (Å²) in [6.45, 7) is 0.174.